The minimum Gasteiger partial charge on any atom is -0.0622 e. The molecule has 162 valence electrons. The molecule has 6 aromatic rings. The average Bonchev–Trinajstić information content (AvgIpc) is 2.90. The van der Waals surface area contributed by atoms with Gasteiger partial charge < -0.3 is 0 Å². The van der Waals surface area contributed by atoms with Crippen molar-refractivity contribution >= 4 is 53.4 Å². The van der Waals surface area contributed by atoms with Crippen LogP contribution in [0.1, 0.15) is 0 Å². The summed E-state index contributed by atoms with van der Waals surface area (Å²) < 4.78 is 2.22. The average molecular weight is 564 g/mol. The fourth-order valence-electron chi connectivity index (χ4n) is 4.79. The van der Waals surface area contributed by atoms with Crippen molar-refractivity contribution in [1.29, 1.82) is 0 Å². The lowest BCUT2D eigenvalue weighted by Gasteiger charge is -2.21. The van der Waals surface area contributed by atoms with Crippen LogP contribution in [0.2, 0.25) is 0 Å². The lowest BCUT2D eigenvalue weighted by Crippen LogP contribution is -1.95. The van der Waals surface area contributed by atoms with Gasteiger partial charge in [0.05, 0.1) is 0 Å². The second kappa shape index (κ2) is 8.87. The lowest BCUT2D eigenvalue weighted by molar-refractivity contribution is 1.56. The molecule has 0 nitrogen and oxygen atoms in total. The van der Waals surface area contributed by atoms with Crippen molar-refractivity contribution in [2.45, 2.75) is 0 Å². The molecule has 0 aliphatic heterocycles. The standard InChI is InChI=1S/C32H20Br2/c33-31-25-17-9-7-15-23(25)19-27(21-11-3-1-4-12-21)29(31)30-28(22-13-5-2-6-14-22)20-24-16-8-10-18-26(24)32(30)34/h1-20H. The van der Waals surface area contributed by atoms with E-state index in [-0.39, 0.29) is 0 Å². The topological polar surface area (TPSA) is 0 Å². The van der Waals surface area contributed by atoms with Crippen molar-refractivity contribution in [3.05, 3.63) is 130 Å². The summed E-state index contributed by atoms with van der Waals surface area (Å²) in [6.45, 7) is 0. The van der Waals surface area contributed by atoms with E-state index in [4.69, 9.17) is 0 Å². The summed E-state index contributed by atoms with van der Waals surface area (Å²) in [5.74, 6) is 0. The Morgan fingerprint density at radius 2 is 0.735 bits per heavy atom. The Bertz CT molecular complexity index is 1530. The van der Waals surface area contributed by atoms with Crippen LogP contribution < -0.4 is 0 Å². The van der Waals surface area contributed by atoms with Gasteiger partial charge in [0.2, 0.25) is 0 Å². The summed E-state index contributed by atoms with van der Waals surface area (Å²) in [6.07, 6.45) is 0. The molecule has 0 aliphatic rings. The third kappa shape index (κ3) is 3.58. The van der Waals surface area contributed by atoms with E-state index in [1.54, 1.807) is 0 Å². The van der Waals surface area contributed by atoms with Crippen LogP contribution in [0.3, 0.4) is 0 Å². The summed E-state index contributed by atoms with van der Waals surface area (Å²) in [5.41, 5.74) is 7.20. The van der Waals surface area contributed by atoms with Crippen LogP contribution in [-0.4, -0.2) is 0 Å². The Morgan fingerprint density at radius 3 is 1.15 bits per heavy atom. The van der Waals surface area contributed by atoms with Crippen molar-refractivity contribution in [3.63, 3.8) is 0 Å². The lowest BCUT2D eigenvalue weighted by atomic mass is 9.86. The largest absolute Gasteiger partial charge is 0.0622 e. The number of hydrogen-bond donors (Lipinski definition) is 0. The van der Waals surface area contributed by atoms with E-state index in [1.165, 1.54) is 54.9 Å². The summed E-state index contributed by atoms with van der Waals surface area (Å²) in [7, 11) is 0. The highest BCUT2D eigenvalue weighted by atomic mass is 79.9. The fraction of sp³-hybridized carbons (Fsp3) is 0. The first-order valence-corrected chi connectivity index (χ1v) is 12.8. The second-order valence-electron chi connectivity index (χ2n) is 8.40. The van der Waals surface area contributed by atoms with Crippen LogP contribution in [0.25, 0.3) is 54.9 Å². The first-order chi connectivity index (χ1) is 16.7. The van der Waals surface area contributed by atoms with Gasteiger partial charge >= 0.3 is 0 Å². The Balaban J connectivity index is 1.81. The number of fused-ring (bicyclic) bond motifs is 2. The summed E-state index contributed by atoms with van der Waals surface area (Å²) in [4.78, 5) is 0. The van der Waals surface area contributed by atoms with Crippen LogP contribution in [0.4, 0.5) is 0 Å². The van der Waals surface area contributed by atoms with Gasteiger partial charge in [0.15, 0.2) is 0 Å². The van der Waals surface area contributed by atoms with E-state index in [1.807, 2.05) is 0 Å². The molecule has 0 aliphatic carbocycles. The first-order valence-electron chi connectivity index (χ1n) is 11.3. The molecular weight excluding hydrogens is 544 g/mol. The van der Waals surface area contributed by atoms with Crippen LogP contribution in [-0.2, 0) is 0 Å². The first kappa shape index (κ1) is 21.3. The molecule has 34 heavy (non-hydrogen) atoms. The SMILES string of the molecule is Brc1c(-c2c(-c3ccccc3)cc3ccccc3c2Br)c(-c2ccccc2)cc2ccccc12. The zero-order valence-electron chi connectivity index (χ0n) is 18.3. The molecular formula is C32H20Br2. The van der Waals surface area contributed by atoms with Crippen molar-refractivity contribution in [2.24, 2.45) is 0 Å². The molecule has 0 heterocycles. The van der Waals surface area contributed by atoms with Gasteiger partial charge in [0.1, 0.15) is 0 Å². The summed E-state index contributed by atoms with van der Waals surface area (Å²) >= 11 is 8.10. The van der Waals surface area contributed by atoms with Gasteiger partial charge in [-0.1, -0.05) is 109 Å². The highest BCUT2D eigenvalue weighted by Gasteiger charge is 2.22. The van der Waals surface area contributed by atoms with Crippen molar-refractivity contribution in [3.8, 4) is 33.4 Å². The van der Waals surface area contributed by atoms with Gasteiger partial charge in [-0.25, -0.2) is 0 Å². The van der Waals surface area contributed by atoms with Crippen molar-refractivity contribution in [1.82, 2.24) is 0 Å². The molecule has 0 saturated heterocycles. The quantitative estimate of drug-likeness (QED) is 0.201. The minimum atomic E-state index is 1.11. The Labute approximate surface area is 216 Å². The molecule has 0 spiro atoms. The number of benzene rings is 6. The molecule has 0 radical (unpaired) electrons. The van der Waals surface area contributed by atoms with Crippen LogP contribution >= 0.6 is 31.9 Å². The van der Waals surface area contributed by atoms with E-state index >= 15 is 0 Å². The van der Waals surface area contributed by atoms with E-state index < -0.39 is 0 Å². The van der Waals surface area contributed by atoms with E-state index in [9.17, 15) is 0 Å². The van der Waals surface area contributed by atoms with Crippen molar-refractivity contribution < 1.29 is 0 Å². The molecule has 0 saturated carbocycles. The molecule has 0 fully saturated rings. The maximum atomic E-state index is 4.05. The molecule has 2 heteroatoms. The maximum absolute atomic E-state index is 4.05. The summed E-state index contributed by atoms with van der Waals surface area (Å²) in [6, 6.07) is 43.1. The van der Waals surface area contributed by atoms with E-state index in [0.717, 1.165) is 8.95 Å². The molecule has 0 aromatic heterocycles. The van der Waals surface area contributed by atoms with Gasteiger partial charge in [-0.15, -0.1) is 0 Å². The number of halogens is 2. The van der Waals surface area contributed by atoms with Crippen LogP contribution in [0, 0.1) is 0 Å². The minimum absolute atomic E-state index is 1.11. The molecule has 0 amide bonds. The number of rotatable bonds is 3. The zero-order chi connectivity index (χ0) is 23.1. The predicted molar refractivity (Wildman–Crippen MR) is 153 cm³/mol. The van der Waals surface area contributed by atoms with Gasteiger partial charge in [-0.2, -0.15) is 0 Å². The van der Waals surface area contributed by atoms with E-state index in [2.05, 4.69) is 153 Å². The fourth-order valence-corrected chi connectivity index (χ4v) is 6.33. The highest BCUT2D eigenvalue weighted by Crippen LogP contribution is 2.50. The third-order valence-corrected chi connectivity index (χ3v) is 8.04. The Kier molecular flexibility index (Phi) is 5.57. The predicted octanol–water partition coefficient (Wildman–Crippen LogP) is 10.5. The second-order valence-corrected chi connectivity index (χ2v) is 9.99. The number of hydrogen-bond acceptors (Lipinski definition) is 0. The summed E-state index contributed by atoms with van der Waals surface area (Å²) in [5, 5.41) is 4.85. The van der Waals surface area contributed by atoms with Gasteiger partial charge in [0, 0.05) is 20.1 Å². The maximum Gasteiger partial charge on any atom is 0.0339 e. The normalized spacial score (nSPS) is 11.2. The molecule has 0 atom stereocenters. The van der Waals surface area contributed by atoms with E-state index in [0.29, 0.717) is 0 Å². The van der Waals surface area contributed by atoms with Crippen LogP contribution in [0.5, 0.6) is 0 Å². The van der Waals surface area contributed by atoms with Gasteiger partial charge in [-0.3, -0.25) is 0 Å². The highest BCUT2D eigenvalue weighted by molar-refractivity contribution is 9.11. The third-order valence-electron chi connectivity index (χ3n) is 6.39. The Morgan fingerprint density at radius 1 is 0.382 bits per heavy atom. The molecule has 6 aromatic carbocycles. The van der Waals surface area contributed by atoms with Gasteiger partial charge in [0.25, 0.3) is 0 Å². The van der Waals surface area contributed by atoms with Crippen molar-refractivity contribution in [2.75, 3.05) is 0 Å². The molecule has 0 N–H and O–H groups in total. The Hall–Kier alpha value is -3.20. The zero-order valence-corrected chi connectivity index (χ0v) is 21.5. The smallest absolute Gasteiger partial charge is 0.0339 e. The monoisotopic (exact) mass is 562 g/mol. The molecule has 0 bridgehead atoms. The van der Waals surface area contributed by atoms with Crippen LogP contribution in [0.15, 0.2) is 130 Å². The molecule has 6 rings (SSSR count). The molecule has 0 unspecified atom stereocenters. The van der Waals surface area contributed by atoms with Gasteiger partial charge in [-0.05, 0) is 87.8 Å².